The van der Waals surface area contributed by atoms with Gasteiger partial charge in [0.25, 0.3) is 5.91 Å². The highest BCUT2D eigenvalue weighted by atomic mass is 19.4. The van der Waals surface area contributed by atoms with Crippen LogP contribution in [0.25, 0.3) is 22.8 Å². The number of hydrogen-bond acceptors (Lipinski definition) is 8. The zero-order chi connectivity index (χ0) is 31.2. The predicted octanol–water partition coefficient (Wildman–Crippen LogP) is 5.43. The molecule has 0 radical (unpaired) electrons. The SMILES string of the molecule is COc1ncnc(C2CC2)c1-c1ncc2c(n1)N(Cc1ccc(-c3nc(C(F)(F)F)cn3C)c(F)c1)C1(CC1)C(=O)N2C1CC1. The summed E-state index contributed by atoms with van der Waals surface area (Å²) in [6.45, 7) is 0.150. The Labute approximate surface area is 255 Å². The van der Waals surface area contributed by atoms with Crippen molar-refractivity contribution in [3.63, 3.8) is 0 Å². The normalized spacial score (nSPS) is 18.8. The van der Waals surface area contributed by atoms with Crippen molar-refractivity contribution in [3.8, 4) is 28.7 Å². The summed E-state index contributed by atoms with van der Waals surface area (Å²) in [6, 6.07) is 4.44. The Morgan fingerprint density at radius 1 is 1.07 bits per heavy atom. The van der Waals surface area contributed by atoms with E-state index >= 15 is 4.39 Å². The maximum atomic E-state index is 15.5. The number of hydrogen-bond donors (Lipinski definition) is 0. The summed E-state index contributed by atoms with van der Waals surface area (Å²) in [5.74, 6) is 0.706. The van der Waals surface area contributed by atoms with Crippen LogP contribution in [0.1, 0.15) is 61.4 Å². The van der Waals surface area contributed by atoms with Crippen LogP contribution in [0, 0.1) is 5.82 Å². The summed E-state index contributed by atoms with van der Waals surface area (Å²) in [5, 5.41) is 0. The molecule has 232 valence electrons. The number of imidazole rings is 1. The van der Waals surface area contributed by atoms with Gasteiger partial charge in [-0.2, -0.15) is 13.2 Å². The molecule has 0 unspecified atom stereocenters. The van der Waals surface area contributed by atoms with E-state index in [0.29, 0.717) is 47.2 Å². The Hall–Kier alpha value is -4.62. The number of carbonyl (C=O) groups excluding carboxylic acids is 1. The molecular weight excluding hydrogens is 592 g/mol. The van der Waals surface area contributed by atoms with Crippen LogP contribution < -0.4 is 14.5 Å². The van der Waals surface area contributed by atoms with Crippen molar-refractivity contribution in [2.45, 2.75) is 68.7 Å². The maximum absolute atomic E-state index is 15.5. The van der Waals surface area contributed by atoms with E-state index < -0.39 is 23.2 Å². The minimum absolute atomic E-state index is 0.0158. The Balaban J connectivity index is 1.21. The molecule has 4 aromatic rings. The van der Waals surface area contributed by atoms with E-state index in [9.17, 15) is 18.0 Å². The van der Waals surface area contributed by atoms with Crippen molar-refractivity contribution in [1.82, 2.24) is 29.5 Å². The maximum Gasteiger partial charge on any atom is 0.434 e. The Morgan fingerprint density at radius 3 is 2.47 bits per heavy atom. The largest absolute Gasteiger partial charge is 0.480 e. The lowest BCUT2D eigenvalue weighted by atomic mass is 10.0. The van der Waals surface area contributed by atoms with Crippen LogP contribution in [0.15, 0.2) is 36.9 Å². The molecule has 0 bridgehead atoms. The summed E-state index contributed by atoms with van der Waals surface area (Å²) in [5.41, 5.74) is 0.594. The first-order valence-corrected chi connectivity index (χ1v) is 14.9. The first-order chi connectivity index (χ1) is 21.6. The predicted molar refractivity (Wildman–Crippen MR) is 154 cm³/mol. The van der Waals surface area contributed by atoms with Gasteiger partial charge in [0.1, 0.15) is 34.8 Å². The summed E-state index contributed by atoms with van der Waals surface area (Å²) in [7, 11) is 2.93. The first kappa shape index (κ1) is 27.9. The van der Waals surface area contributed by atoms with Crippen molar-refractivity contribution in [2.24, 2.45) is 7.05 Å². The van der Waals surface area contributed by atoms with E-state index in [0.717, 1.165) is 42.1 Å². The summed E-state index contributed by atoms with van der Waals surface area (Å²) in [4.78, 5) is 40.0. The molecule has 0 N–H and O–H groups in total. The smallest absolute Gasteiger partial charge is 0.434 e. The highest BCUT2D eigenvalue weighted by molar-refractivity contribution is 6.10. The molecule has 8 rings (SSSR count). The van der Waals surface area contributed by atoms with Crippen LogP contribution in [-0.4, -0.2) is 54.1 Å². The second-order valence-corrected chi connectivity index (χ2v) is 12.2. The Morgan fingerprint density at radius 2 is 1.84 bits per heavy atom. The fourth-order valence-corrected chi connectivity index (χ4v) is 6.32. The second kappa shape index (κ2) is 9.69. The molecule has 3 fully saturated rings. The molecule has 14 heteroatoms. The number of fused-ring (bicyclic) bond motifs is 1. The van der Waals surface area contributed by atoms with Gasteiger partial charge in [0.05, 0.1) is 24.6 Å². The number of anilines is 2. The second-order valence-electron chi connectivity index (χ2n) is 12.2. The van der Waals surface area contributed by atoms with Gasteiger partial charge in [-0.05, 0) is 56.2 Å². The number of amides is 1. The third-order valence-electron chi connectivity index (χ3n) is 9.04. The molecule has 0 atom stereocenters. The molecule has 3 aromatic heterocycles. The third kappa shape index (κ3) is 4.52. The number of methoxy groups -OCH3 is 1. The van der Waals surface area contributed by atoms with Gasteiger partial charge in [0.2, 0.25) is 5.88 Å². The van der Waals surface area contributed by atoms with Crippen molar-refractivity contribution in [3.05, 3.63) is 59.7 Å². The summed E-state index contributed by atoms with van der Waals surface area (Å²) < 4.78 is 62.0. The molecule has 4 aliphatic rings. The van der Waals surface area contributed by atoms with Crippen LogP contribution in [0.2, 0.25) is 0 Å². The molecule has 10 nitrogen and oxygen atoms in total. The van der Waals surface area contributed by atoms with Crippen molar-refractivity contribution >= 4 is 17.4 Å². The zero-order valence-electron chi connectivity index (χ0n) is 24.5. The van der Waals surface area contributed by atoms with Crippen LogP contribution in [-0.2, 0) is 24.6 Å². The highest BCUT2D eigenvalue weighted by Gasteiger charge is 2.62. The van der Waals surface area contributed by atoms with Gasteiger partial charge in [0, 0.05) is 31.7 Å². The van der Waals surface area contributed by atoms with E-state index in [1.807, 2.05) is 9.80 Å². The Kier molecular flexibility index (Phi) is 6.01. The number of rotatable bonds is 7. The van der Waals surface area contributed by atoms with E-state index in [4.69, 9.17) is 14.7 Å². The quantitative estimate of drug-likeness (QED) is 0.252. The van der Waals surface area contributed by atoms with Crippen LogP contribution in [0.3, 0.4) is 0 Å². The van der Waals surface area contributed by atoms with Crippen LogP contribution >= 0.6 is 0 Å². The molecule has 1 amide bonds. The van der Waals surface area contributed by atoms with Crippen molar-refractivity contribution in [2.75, 3.05) is 16.9 Å². The lowest BCUT2D eigenvalue weighted by Crippen LogP contribution is -2.56. The average molecular weight is 621 g/mol. The molecule has 1 aromatic carbocycles. The number of aryl methyl sites for hydroxylation is 1. The number of nitrogens with zero attached hydrogens (tertiary/aromatic N) is 8. The number of halogens is 4. The lowest BCUT2D eigenvalue weighted by molar-refractivity contribution is -0.140. The highest BCUT2D eigenvalue weighted by Crippen LogP contribution is 2.55. The number of carbonyl (C=O) groups is 1. The van der Waals surface area contributed by atoms with E-state index in [1.165, 1.54) is 32.6 Å². The van der Waals surface area contributed by atoms with Gasteiger partial charge >= 0.3 is 6.18 Å². The minimum Gasteiger partial charge on any atom is -0.480 e. The fraction of sp³-hybridized carbons (Fsp3) is 0.419. The topological polar surface area (TPSA) is 102 Å². The number of aromatic nitrogens is 6. The van der Waals surface area contributed by atoms with Gasteiger partial charge in [-0.1, -0.05) is 6.07 Å². The van der Waals surface area contributed by atoms with Gasteiger partial charge in [-0.25, -0.2) is 29.3 Å². The van der Waals surface area contributed by atoms with Gasteiger partial charge in [-0.15, -0.1) is 0 Å². The number of benzene rings is 1. The Bertz CT molecular complexity index is 1860. The molecule has 3 aliphatic carbocycles. The fourth-order valence-electron chi connectivity index (χ4n) is 6.32. The number of alkyl halides is 3. The molecular formula is C31H28F4N8O2. The monoisotopic (exact) mass is 620 g/mol. The van der Waals surface area contributed by atoms with Crippen molar-refractivity contribution in [1.29, 1.82) is 0 Å². The van der Waals surface area contributed by atoms with Crippen LogP contribution in [0.5, 0.6) is 5.88 Å². The molecule has 0 saturated heterocycles. The standard InChI is InChI=1S/C31H28F4N8O2/c1-41-14-22(31(33,34)35)39-26(41)19-8-3-16(11-20(19)32)13-42-27-21(43(18-6-7-18)29(44)30(42)9-10-30)12-36-25(40-27)23-24(17-4-5-17)37-15-38-28(23)45-2/h3,8,11-12,14-15,17-18H,4-7,9-10,13H2,1-2H3. The van der Waals surface area contributed by atoms with Crippen LogP contribution in [0.4, 0.5) is 29.1 Å². The summed E-state index contributed by atoms with van der Waals surface area (Å²) >= 11 is 0. The molecule has 1 aliphatic heterocycles. The van der Waals surface area contributed by atoms with Gasteiger partial charge in [0.15, 0.2) is 17.3 Å². The van der Waals surface area contributed by atoms with E-state index in [-0.39, 0.29) is 35.8 Å². The number of ether oxygens (including phenoxy) is 1. The lowest BCUT2D eigenvalue weighted by Gasteiger charge is -2.43. The van der Waals surface area contributed by atoms with Crippen molar-refractivity contribution < 1.29 is 27.1 Å². The molecule has 4 heterocycles. The minimum atomic E-state index is -4.65. The van der Waals surface area contributed by atoms with E-state index in [2.05, 4.69) is 15.0 Å². The van der Waals surface area contributed by atoms with E-state index in [1.54, 1.807) is 12.3 Å². The first-order valence-electron chi connectivity index (χ1n) is 14.9. The average Bonchev–Trinajstić information content (AvgIpc) is 3.88. The van der Waals surface area contributed by atoms with Gasteiger partial charge < -0.3 is 19.1 Å². The zero-order valence-corrected chi connectivity index (χ0v) is 24.5. The van der Waals surface area contributed by atoms with Gasteiger partial charge in [-0.3, -0.25) is 4.79 Å². The molecule has 3 saturated carbocycles. The molecule has 1 spiro atoms. The summed E-state index contributed by atoms with van der Waals surface area (Å²) in [6.07, 6.45) is 4.34. The third-order valence-corrected chi connectivity index (χ3v) is 9.04. The molecule has 45 heavy (non-hydrogen) atoms.